The molecule has 0 spiro atoms. The van der Waals surface area contributed by atoms with Gasteiger partial charge in [-0.15, -0.1) is 0 Å². The second-order valence-corrected chi connectivity index (χ2v) is 7.41. The maximum atomic E-state index is 14.5. The van der Waals surface area contributed by atoms with E-state index in [0.717, 1.165) is 36.6 Å². The minimum atomic E-state index is -3.51. The molecule has 0 atom stereocenters. The summed E-state index contributed by atoms with van der Waals surface area (Å²) in [6, 6.07) is 16.2. The number of alkyl halides is 2. The van der Waals surface area contributed by atoms with Gasteiger partial charge in [0, 0.05) is 4.90 Å². The first kappa shape index (κ1) is 19.5. The van der Waals surface area contributed by atoms with Crippen molar-refractivity contribution in [3.63, 3.8) is 0 Å². The fourth-order valence-corrected chi connectivity index (χ4v) is 3.71. The van der Waals surface area contributed by atoms with Crippen molar-refractivity contribution in [1.29, 1.82) is 0 Å². The van der Waals surface area contributed by atoms with Crippen LogP contribution in [-0.4, -0.2) is 0 Å². The van der Waals surface area contributed by atoms with E-state index in [-0.39, 0.29) is 16.7 Å². The lowest BCUT2D eigenvalue weighted by molar-refractivity contribution is 0.101. The van der Waals surface area contributed by atoms with Gasteiger partial charge in [0.05, 0.1) is 5.56 Å². The molecule has 0 saturated heterocycles. The quantitative estimate of drug-likeness (QED) is 0.312. The fourth-order valence-electron chi connectivity index (χ4n) is 2.82. The van der Waals surface area contributed by atoms with Crippen LogP contribution in [0.5, 0.6) is 0 Å². The van der Waals surface area contributed by atoms with Gasteiger partial charge in [0.2, 0.25) is 0 Å². The number of rotatable bonds is 6. The van der Waals surface area contributed by atoms with Gasteiger partial charge in [-0.3, -0.25) is 0 Å². The lowest BCUT2D eigenvalue weighted by atomic mass is 10.0. The van der Waals surface area contributed by atoms with E-state index < -0.39 is 22.5 Å². The van der Waals surface area contributed by atoms with Gasteiger partial charge in [-0.2, -0.15) is 8.78 Å². The third-order valence-electron chi connectivity index (χ3n) is 4.15. The van der Waals surface area contributed by atoms with Crippen LogP contribution in [0.4, 0.5) is 17.6 Å². The van der Waals surface area contributed by atoms with Gasteiger partial charge in [-0.1, -0.05) is 49.7 Å². The molecule has 140 valence electrons. The van der Waals surface area contributed by atoms with Crippen LogP contribution in [0.15, 0.2) is 71.6 Å². The molecular formula is C22H18F4S. The minimum Gasteiger partial charge on any atom is -0.207 e. The molecule has 0 aliphatic rings. The topological polar surface area (TPSA) is 0 Å². The second kappa shape index (κ2) is 8.17. The molecule has 0 saturated carbocycles. The SMILES string of the molecule is CCCc1ccc(-c2ccc(C(F)(F)Sc3cccc(F)c3)c(F)c2)cc1. The molecule has 3 rings (SSSR count). The molecule has 0 radical (unpaired) electrons. The number of aryl methyl sites for hydroxylation is 1. The van der Waals surface area contributed by atoms with Gasteiger partial charge in [-0.25, -0.2) is 8.78 Å². The predicted molar refractivity (Wildman–Crippen MR) is 102 cm³/mol. The average molecular weight is 390 g/mol. The fraction of sp³-hybridized carbons (Fsp3) is 0.182. The van der Waals surface area contributed by atoms with Crippen molar-refractivity contribution in [3.05, 3.63) is 89.5 Å². The van der Waals surface area contributed by atoms with Crippen molar-refractivity contribution < 1.29 is 17.6 Å². The van der Waals surface area contributed by atoms with Gasteiger partial charge in [0.25, 0.3) is 0 Å². The molecule has 5 heteroatoms. The highest BCUT2D eigenvalue weighted by molar-refractivity contribution is 8.00. The Labute approximate surface area is 160 Å². The van der Waals surface area contributed by atoms with Crippen LogP contribution in [0.2, 0.25) is 0 Å². The summed E-state index contributed by atoms with van der Waals surface area (Å²) in [5.41, 5.74) is 1.76. The lowest BCUT2D eigenvalue weighted by Crippen LogP contribution is -2.10. The monoisotopic (exact) mass is 390 g/mol. The van der Waals surface area contributed by atoms with Gasteiger partial charge in [0.1, 0.15) is 11.6 Å². The number of halogens is 4. The van der Waals surface area contributed by atoms with E-state index in [0.29, 0.717) is 5.56 Å². The molecule has 27 heavy (non-hydrogen) atoms. The van der Waals surface area contributed by atoms with Crippen LogP contribution in [0.3, 0.4) is 0 Å². The first-order valence-corrected chi connectivity index (χ1v) is 9.42. The Morgan fingerprint density at radius 3 is 2.19 bits per heavy atom. The van der Waals surface area contributed by atoms with E-state index in [1.54, 1.807) is 0 Å². The van der Waals surface area contributed by atoms with E-state index in [4.69, 9.17) is 0 Å². The number of hydrogen-bond donors (Lipinski definition) is 0. The first-order valence-electron chi connectivity index (χ1n) is 8.61. The smallest absolute Gasteiger partial charge is 0.207 e. The zero-order valence-electron chi connectivity index (χ0n) is 14.7. The molecule has 0 heterocycles. The predicted octanol–water partition coefficient (Wildman–Crippen LogP) is 7.43. The Kier molecular flexibility index (Phi) is 5.90. The Morgan fingerprint density at radius 2 is 1.56 bits per heavy atom. The summed E-state index contributed by atoms with van der Waals surface area (Å²) < 4.78 is 56.7. The van der Waals surface area contributed by atoms with Crippen molar-refractivity contribution in [1.82, 2.24) is 0 Å². The summed E-state index contributed by atoms with van der Waals surface area (Å²) in [4.78, 5) is 0.0370. The van der Waals surface area contributed by atoms with Crippen LogP contribution in [0, 0.1) is 11.6 Å². The first-order chi connectivity index (χ1) is 12.9. The standard InChI is InChI=1S/C22H18F4S/c1-2-4-15-7-9-16(10-8-15)17-11-12-20(21(24)13-17)22(25,26)27-19-6-3-5-18(23)14-19/h3,5-14H,2,4H2,1H3. The van der Waals surface area contributed by atoms with Gasteiger partial charge >= 0.3 is 5.25 Å². The maximum absolute atomic E-state index is 14.5. The average Bonchev–Trinajstić information content (AvgIpc) is 2.62. The van der Waals surface area contributed by atoms with E-state index in [1.807, 2.05) is 24.3 Å². The molecule has 0 nitrogen and oxygen atoms in total. The van der Waals surface area contributed by atoms with Crippen molar-refractivity contribution in [2.24, 2.45) is 0 Å². The van der Waals surface area contributed by atoms with Gasteiger partial charge in [-0.05, 0) is 65.2 Å². The summed E-state index contributed by atoms with van der Waals surface area (Å²) in [5, 5.41) is -3.51. The highest BCUT2D eigenvalue weighted by Crippen LogP contribution is 2.45. The number of thioether (sulfide) groups is 1. The van der Waals surface area contributed by atoms with E-state index >= 15 is 0 Å². The summed E-state index contributed by atoms with van der Waals surface area (Å²) in [5.74, 6) is -1.60. The molecule has 0 unspecified atom stereocenters. The number of benzene rings is 3. The molecule has 0 fully saturated rings. The van der Waals surface area contributed by atoms with Crippen LogP contribution >= 0.6 is 11.8 Å². The highest BCUT2D eigenvalue weighted by atomic mass is 32.2. The van der Waals surface area contributed by atoms with Gasteiger partial charge in [0.15, 0.2) is 0 Å². The van der Waals surface area contributed by atoms with Crippen LogP contribution < -0.4 is 0 Å². The van der Waals surface area contributed by atoms with Crippen molar-refractivity contribution >= 4 is 11.8 Å². The molecule has 3 aromatic rings. The van der Waals surface area contributed by atoms with Crippen LogP contribution in [-0.2, 0) is 11.7 Å². The van der Waals surface area contributed by atoms with Crippen LogP contribution in [0.1, 0.15) is 24.5 Å². The molecule has 0 bridgehead atoms. The van der Waals surface area contributed by atoms with Gasteiger partial charge < -0.3 is 0 Å². The molecule has 0 aliphatic carbocycles. The molecular weight excluding hydrogens is 372 g/mol. The minimum absolute atomic E-state index is 0.0370. The summed E-state index contributed by atoms with van der Waals surface area (Å²) in [6.07, 6.45) is 1.98. The third-order valence-corrected chi connectivity index (χ3v) is 5.12. The Morgan fingerprint density at radius 1 is 0.852 bits per heavy atom. The van der Waals surface area contributed by atoms with E-state index in [9.17, 15) is 17.6 Å². The van der Waals surface area contributed by atoms with Crippen molar-refractivity contribution in [3.8, 4) is 11.1 Å². The highest BCUT2D eigenvalue weighted by Gasteiger charge is 2.36. The van der Waals surface area contributed by atoms with Crippen molar-refractivity contribution in [2.45, 2.75) is 29.9 Å². The summed E-state index contributed by atoms with van der Waals surface area (Å²) >= 11 is 0.123. The molecule has 0 N–H and O–H groups in total. The molecule has 0 aliphatic heterocycles. The lowest BCUT2D eigenvalue weighted by Gasteiger charge is -2.17. The van der Waals surface area contributed by atoms with E-state index in [1.165, 1.54) is 29.8 Å². The van der Waals surface area contributed by atoms with Crippen LogP contribution in [0.25, 0.3) is 11.1 Å². The zero-order valence-corrected chi connectivity index (χ0v) is 15.5. The molecule has 0 amide bonds. The molecule has 0 aromatic heterocycles. The Balaban J connectivity index is 1.85. The molecule has 3 aromatic carbocycles. The summed E-state index contributed by atoms with van der Waals surface area (Å²) in [6.45, 7) is 2.09. The summed E-state index contributed by atoms with van der Waals surface area (Å²) in [7, 11) is 0. The largest absolute Gasteiger partial charge is 0.326 e. The third kappa shape index (κ3) is 4.72. The van der Waals surface area contributed by atoms with E-state index in [2.05, 4.69) is 6.92 Å². The zero-order chi connectivity index (χ0) is 19.4. The Bertz CT molecular complexity index is 920. The maximum Gasteiger partial charge on any atom is 0.326 e. The van der Waals surface area contributed by atoms with Crippen molar-refractivity contribution in [2.75, 3.05) is 0 Å². The normalized spacial score (nSPS) is 11.6. The number of hydrogen-bond acceptors (Lipinski definition) is 1. The Hall–Kier alpha value is -2.27. The second-order valence-electron chi connectivity index (χ2n) is 6.22.